The van der Waals surface area contributed by atoms with Crippen molar-refractivity contribution < 1.29 is 37.4 Å². The second-order valence-corrected chi connectivity index (χ2v) is 11.5. The van der Waals surface area contributed by atoms with Crippen molar-refractivity contribution in [2.24, 2.45) is 28.6 Å². The Kier molecular flexibility index (Phi) is 6.16. The van der Waals surface area contributed by atoms with Crippen LogP contribution in [0.2, 0.25) is 0 Å². The van der Waals surface area contributed by atoms with Crippen LogP contribution in [0.15, 0.2) is 23.8 Å². The van der Waals surface area contributed by atoms with Crippen LogP contribution < -0.4 is 0 Å². The van der Waals surface area contributed by atoms with Gasteiger partial charge in [-0.05, 0) is 61.6 Å². The first-order valence-corrected chi connectivity index (χ1v) is 12.7. The number of hydrogen-bond donors (Lipinski definition) is 1. The fourth-order valence-electron chi connectivity index (χ4n) is 7.63. The number of ketones is 1. The van der Waals surface area contributed by atoms with Crippen LogP contribution >= 0.6 is 11.8 Å². The van der Waals surface area contributed by atoms with Gasteiger partial charge in [0, 0.05) is 29.1 Å². The first kappa shape index (κ1) is 25.5. The third-order valence-electron chi connectivity index (χ3n) is 9.22. The molecule has 34 heavy (non-hydrogen) atoms. The van der Waals surface area contributed by atoms with Crippen molar-refractivity contribution in [1.82, 2.24) is 0 Å². The largest absolute Gasteiger partial charge is 0.449 e. The highest BCUT2D eigenvalue weighted by molar-refractivity contribution is 8.13. The van der Waals surface area contributed by atoms with Crippen LogP contribution in [0.3, 0.4) is 0 Å². The third kappa shape index (κ3) is 3.01. The van der Waals surface area contributed by atoms with E-state index >= 15 is 8.78 Å². The quantitative estimate of drug-likeness (QED) is 0.576. The Morgan fingerprint density at radius 3 is 2.56 bits per heavy atom. The Morgan fingerprint density at radius 2 is 1.94 bits per heavy atom. The number of alkyl halides is 3. The van der Waals surface area contributed by atoms with Gasteiger partial charge >= 0.3 is 5.97 Å². The van der Waals surface area contributed by atoms with Gasteiger partial charge in [0.05, 0.1) is 6.10 Å². The maximum atomic E-state index is 17.2. The van der Waals surface area contributed by atoms with E-state index in [2.05, 4.69) is 0 Å². The number of fused-ring (bicyclic) bond motifs is 5. The van der Waals surface area contributed by atoms with Crippen LogP contribution in [0.4, 0.5) is 13.2 Å². The second kappa shape index (κ2) is 8.22. The number of aliphatic hydroxyl groups excluding tert-OH is 1. The average Bonchev–Trinajstić information content (AvgIpc) is 2.99. The van der Waals surface area contributed by atoms with Crippen LogP contribution in [-0.2, 0) is 19.1 Å². The summed E-state index contributed by atoms with van der Waals surface area (Å²) in [6, 6.07) is -1.02. The van der Waals surface area contributed by atoms with Crippen molar-refractivity contribution in [1.29, 1.82) is 0 Å². The molecule has 0 heterocycles. The lowest BCUT2D eigenvalue weighted by molar-refractivity contribution is -0.228. The van der Waals surface area contributed by atoms with E-state index in [9.17, 15) is 23.9 Å². The summed E-state index contributed by atoms with van der Waals surface area (Å²) >= 11 is 0.396. The fourth-order valence-corrected chi connectivity index (χ4v) is 8.42. The molecule has 0 aromatic carbocycles. The molecule has 0 aromatic heterocycles. The Labute approximate surface area is 201 Å². The summed E-state index contributed by atoms with van der Waals surface area (Å²) in [6.07, 6.45) is 0.160. The molecule has 9 heteroatoms. The third-order valence-corrected chi connectivity index (χ3v) is 9.90. The number of aliphatic hydroxyl groups is 1. The van der Waals surface area contributed by atoms with Crippen LogP contribution in [-0.4, -0.2) is 51.5 Å². The second-order valence-electron chi connectivity index (χ2n) is 10.6. The van der Waals surface area contributed by atoms with Gasteiger partial charge in [0.25, 0.3) is 0 Å². The molecule has 0 spiro atoms. The van der Waals surface area contributed by atoms with E-state index in [-0.39, 0.29) is 31.3 Å². The smallest absolute Gasteiger partial charge is 0.306 e. The van der Waals surface area contributed by atoms with Gasteiger partial charge in [-0.15, -0.1) is 0 Å². The van der Waals surface area contributed by atoms with E-state index in [1.165, 1.54) is 19.1 Å². The molecule has 0 aromatic rings. The zero-order chi connectivity index (χ0) is 25.3. The molecule has 5 nitrogen and oxygen atoms in total. The molecule has 3 fully saturated rings. The van der Waals surface area contributed by atoms with E-state index in [0.29, 0.717) is 11.8 Å². The molecule has 3 saturated carbocycles. The van der Waals surface area contributed by atoms with E-state index in [4.69, 9.17) is 4.74 Å². The highest BCUT2D eigenvalue weighted by Crippen LogP contribution is 2.72. The molecule has 0 amide bonds. The zero-order valence-electron chi connectivity index (χ0n) is 19.8. The molecule has 9 atom stereocenters. The van der Waals surface area contributed by atoms with Crippen molar-refractivity contribution in [2.75, 3.05) is 6.01 Å². The minimum atomic E-state index is -2.30. The number of ether oxygens (including phenoxy) is 1. The Morgan fingerprint density at radius 1 is 1.26 bits per heavy atom. The van der Waals surface area contributed by atoms with Gasteiger partial charge in [0.15, 0.2) is 17.1 Å². The van der Waals surface area contributed by atoms with Crippen LogP contribution in [0.1, 0.15) is 53.4 Å². The first-order valence-electron chi connectivity index (χ1n) is 11.7. The van der Waals surface area contributed by atoms with E-state index in [0.717, 1.165) is 6.08 Å². The topological polar surface area (TPSA) is 80.7 Å². The molecule has 0 aliphatic heterocycles. The van der Waals surface area contributed by atoms with Crippen molar-refractivity contribution in [3.8, 4) is 0 Å². The molecule has 0 saturated heterocycles. The molecule has 0 radical (unpaired) electrons. The first-order chi connectivity index (χ1) is 15.8. The van der Waals surface area contributed by atoms with Gasteiger partial charge < -0.3 is 9.84 Å². The maximum Gasteiger partial charge on any atom is 0.306 e. The number of thioether (sulfide) groups is 1. The number of allylic oxidation sites excluding steroid dienone is 4. The number of hydrogen-bond acceptors (Lipinski definition) is 6. The Bertz CT molecular complexity index is 984. The number of carbonyl (C=O) groups excluding carboxylic acids is 3. The number of halogens is 3. The zero-order valence-corrected chi connectivity index (χ0v) is 20.6. The highest BCUT2D eigenvalue weighted by Gasteiger charge is 2.78. The van der Waals surface area contributed by atoms with Gasteiger partial charge in [-0.3, -0.25) is 14.4 Å². The lowest BCUT2D eigenvalue weighted by Crippen LogP contribution is -2.70. The Balaban J connectivity index is 1.87. The number of rotatable bonds is 4. The van der Waals surface area contributed by atoms with Gasteiger partial charge in [-0.2, -0.15) is 0 Å². The SMILES string of the molecule is CCC(=O)O[C@]1(C(=O)SCF)C(C)CC2C3CC(F)C4=CC(=O)C=C[C@]4(C)[C@@]3(F)C(O)C[C@@]21C. The summed E-state index contributed by atoms with van der Waals surface area (Å²) < 4.78 is 51.8. The molecule has 188 valence electrons. The van der Waals surface area contributed by atoms with Crippen LogP contribution in [0.5, 0.6) is 0 Å². The number of carbonyl (C=O) groups is 3. The summed E-state index contributed by atoms with van der Waals surface area (Å²) in [4.78, 5) is 37.8. The molecule has 0 bridgehead atoms. The normalized spacial score (nSPS) is 47.4. The minimum absolute atomic E-state index is 0.0141. The highest BCUT2D eigenvalue weighted by atomic mass is 32.2. The predicted molar refractivity (Wildman–Crippen MR) is 121 cm³/mol. The number of esters is 1. The van der Waals surface area contributed by atoms with Crippen molar-refractivity contribution >= 4 is 28.6 Å². The lowest BCUT2D eigenvalue weighted by atomic mass is 9.44. The summed E-state index contributed by atoms with van der Waals surface area (Å²) in [5.41, 5.74) is -6.84. The molecule has 1 N–H and O–H groups in total. The Hall–Kier alpha value is -1.61. The summed E-state index contributed by atoms with van der Waals surface area (Å²) in [6.45, 7) is 6.45. The summed E-state index contributed by atoms with van der Waals surface area (Å²) in [7, 11) is 0. The lowest BCUT2D eigenvalue weighted by Gasteiger charge is -2.63. The van der Waals surface area contributed by atoms with Gasteiger partial charge in [0.2, 0.25) is 5.12 Å². The average molecular weight is 501 g/mol. The van der Waals surface area contributed by atoms with E-state index < -0.39 is 75.0 Å². The molecular formula is C25H31F3O5S. The molecule has 4 aliphatic rings. The van der Waals surface area contributed by atoms with Crippen molar-refractivity contribution in [3.05, 3.63) is 23.8 Å². The predicted octanol–water partition coefficient (Wildman–Crippen LogP) is 4.43. The summed E-state index contributed by atoms with van der Waals surface area (Å²) in [5.74, 6) is -3.30. The molecule has 4 aliphatic carbocycles. The van der Waals surface area contributed by atoms with E-state index in [1.807, 2.05) is 0 Å². The standard InChI is InChI=1S/C25H31F3O5S/c1-5-20(31)33-25(21(32)34-12-26)13(2)8-15-16-10-18(27)17-9-14(29)6-7-22(17,3)24(16,28)19(30)11-23(15,25)4/h6-7,9,13,15-16,18-19,30H,5,8,10-12H2,1-4H3/t13?,15?,16?,18?,19?,22-,23-,24-,25-/m0/s1. The monoisotopic (exact) mass is 500 g/mol. The van der Waals surface area contributed by atoms with Gasteiger partial charge in [-0.25, -0.2) is 13.2 Å². The fraction of sp³-hybridized carbons (Fsp3) is 0.720. The van der Waals surface area contributed by atoms with Gasteiger partial charge in [-0.1, -0.05) is 26.8 Å². The van der Waals surface area contributed by atoms with Gasteiger partial charge in [0.1, 0.15) is 12.2 Å². The molecular weight excluding hydrogens is 469 g/mol. The van der Waals surface area contributed by atoms with Crippen LogP contribution in [0, 0.1) is 28.6 Å². The van der Waals surface area contributed by atoms with Crippen molar-refractivity contribution in [2.45, 2.75) is 76.9 Å². The van der Waals surface area contributed by atoms with Crippen LogP contribution in [0.25, 0.3) is 0 Å². The van der Waals surface area contributed by atoms with E-state index in [1.54, 1.807) is 20.8 Å². The maximum absolute atomic E-state index is 17.2. The molecule has 4 rings (SSSR count). The minimum Gasteiger partial charge on any atom is -0.449 e. The summed E-state index contributed by atoms with van der Waals surface area (Å²) in [5, 5.41) is 10.7. The molecule has 5 unspecified atom stereocenters. The van der Waals surface area contributed by atoms with Crippen molar-refractivity contribution in [3.63, 3.8) is 0 Å².